The molecule has 0 aromatic heterocycles. The zero-order chi connectivity index (χ0) is 11.3. The zero-order valence-electron chi connectivity index (χ0n) is 9.71. The molecule has 1 aromatic rings. The van der Waals surface area contributed by atoms with Crippen molar-refractivity contribution in [3.63, 3.8) is 0 Å². The summed E-state index contributed by atoms with van der Waals surface area (Å²) in [5.74, 6) is 0.908. The lowest BCUT2D eigenvalue weighted by Crippen LogP contribution is -2.06. The lowest BCUT2D eigenvalue weighted by atomic mass is 10.2. The molecule has 0 saturated heterocycles. The Labute approximate surface area is 92.0 Å². The van der Waals surface area contributed by atoms with Crippen LogP contribution in [0.4, 0.5) is 5.69 Å². The van der Waals surface area contributed by atoms with Gasteiger partial charge in [-0.15, -0.1) is 0 Å². The van der Waals surface area contributed by atoms with Crippen molar-refractivity contribution in [1.29, 1.82) is 0 Å². The summed E-state index contributed by atoms with van der Waals surface area (Å²) >= 11 is 0. The zero-order valence-corrected chi connectivity index (χ0v) is 9.71. The summed E-state index contributed by atoms with van der Waals surface area (Å²) < 4.78 is 5.55. The average Bonchev–Trinajstić information content (AvgIpc) is 2.16. The summed E-state index contributed by atoms with van der Waals surface area (Å²) in [6, 6.07) is 7.98. The van der Waals surface area contributed by atoms with Crippen molar-refractivity contribution >= 4 is 5.69 Å². The molecule has 0 aliphatic carbocycles. The minimum Gasteiger partial charge on any atom is -0.491 e. The van der Waals surface area contributed by atoms with E-state index in [1.54, 1.807) is 0 Å². The summed E-state index contributed by atoms with van der Waals surface area (Å²) in [4.78, 5) is 0. The lowest BCUT2D eigenvalue weighted by molar-refractivity contribution is 0.242. The van der Waals surface area contributed by atoms with Gasteiger partial charge in [0.25, 0.3) is 0 Å². The maximum Gasteiger partial charge on any atom is 0.119 e. The Kier molecular flexibility index (Phi) is 4.22. The van der Waals surface area contributed by atoms with Crippen LogP contribution in [0.15, 0.2) is 36.4 Å². The Hall–Kier alpha value is -1.44. The summed E-state index contributed by atoms with van der Waals surface area (Å²) in [7, 11) is 0. The SMILES string of the molecule is C=C(C)CNc1ccc(OC(C)C)cc1. The average molecular weight is 205 g/mol. The van der Waals surface area contributed by atoms with Crippen LogP contribution >= 0.6 is 0 Å². The standard InChI is InChI=1S/C13H19NO/c1-10(2)9-14-12-5-7-13(8-6-12)15-11(3)4/h5-8,11,14H,1,9H2,2-4H3. The predicted molar refractivity (Wildman–Crippen MR) is 65.5 cm³/mol. The Morgan fingerprint density at radius 2 is 1.93 bits per heavy atom. The normalized spacial score (nSPS) is 10.1. The number of hydrogen-bond acceptors (Lipinski definition) is 2. The van der Waals surface area contributed by atoms with E-state index in [1.807, 2.05) is 45.0 Å². The molecule has 0 radical (unpaired) electrons. The summed E-state index contributed by atoms with van der Waals surface area (Å²) in [6.45, 7) is 10.7. The van der Waals surface area contributed by atoms with E-state index in [2.05, 4.69) is 11.9 Å². The third kappa shape index (κ3) is 4.54. The van der Waals surface area contributed by atoms with Crippen molar-refractivity contribution in [3.8, 4) is 5.75 Å². The molecule has 0 saturated carbocycles. The van der Waals surface area contributed by atoms with Crippen LogP contribution in [-0.4, -0.2) is 12.6 Å². The van der Waals surface area contributed by atoms with Crippen LogP contribution < -0.4 is 10.1 Å². The van der Waals surface area contributed by atoms with Crippen molar-refractivity contribution in [2.75, 3.05) is 11.9 Å². The Bertz CT molecular complexity index is 314. The van der Waals surface area contributed by atoms with E-state index < -0.39 is 0 Å². The van der Waals surface area contributed by atoms with Crippen molar-refractivity contribution in [2.45, 2.75) is 26.9 Å². The van der Waals surface area contributed by atoms with Gasteiger partial charge in [0, 0.05) is 12.2 Å². The predicted octanol–water partition coefficient (Wildman–Crippen LogP) is 3.46. The molecule has 0 aliphatic rings. The largest absolute Gasteiger partial charge is 0.491 e. The first-order valence-corrected chi connectivity index (χ1v) is 5.23. The molecule has 0 unspecified atom stereocenters. The van der Waals surface area contributed by atoms with Crippen LogP contribution in [-0.2, 0) is 0 Å². The lowest BCUT2D eigenvalue weighted by Gasteiger charge is -2.11. The number of anilines is 1. The number of benzene rings is 1. The molecule has 0 fully saturated rings. The highest BCUT2D eigenvalue weighted by atomic mass is 16.5. The second-order valence-corrected chi connectivity index (χ2v) is 4.00. The molecule has 1 aromatic carbocycles. The molecular formula is C13H19NO. The first kappa shape index (κ1) is 11.6. The van der Waals surface area contributed by atoms with E-state index in [9.17, 15) is 0 Å². The van der Waals surface area contributed by atoms with Crippen LogP contribution in [0, 0.1) is 0 Å². The van der Waals surface area contributed by atoms with Gasteiger partial charge in [-0.25, -0.2) is 0 Å². The highest BCUT2D eigenvalue weighted by Crippen LogP contribution is 2.16. The highest BCUT2D eigenvalue weighted by molar-refractivity contribution is 5.47. The first-order chi connectivity index (χ1) is 7.08. The van der Waals surface area contributed by atoms with Gasteiger partial charge in [-0.3, -0.25) is 0 Å². The second-order valence-electron chi connectivity index (χ2n) is 4.00. The van der Waals surface area contributed by atoms with Gasteiger partial charge in [-0.05, 0) is 45.0 Å². The van der Waals surface area contributed by atoms with Gasteiger partial charge in [0.05, 0.1) is 6.10 Å². The molecule has 15 heavy (non-hydrogen) atoms. The molecule has 1 N–H and O–H groups in total. The number of ether oxygens (including phenoxy) is 1. The minimum absolute atomic E-state index is 0.222. The van der Waals surface area contributed by atoms with Crippen molar-refractivity contribution in [3.05, 3.63) is 36.4 Å². The topological polar surface area (TPSA) is 21.3 Å². The minimum atomic E-state index is 0.222. The molecule has 0 bridgehead atoms. The van der Waals surface area contributed by atoms with Crippen LogP contribution in [0.2, 0.25) is 0 Å². The van der Waals surface area contributed by atoms with Gasteiger partial charge in [0.1, 0.15) is 5.75 Å². The fraction of sp³-hybridized carbons (Fsp3) is 0.385. The van der Waals surface area contributed by atoms with Crippen molar-refractivity contribution in [1.82, 2.24) is 0 Å². The van der Waals surface area contributed by atoms with E-state index in [4.69, 9.17) is 4.74 Å². The van der Waals surface area contributed by atoms with E-state index in [-0.39, 0.29) is 6.10 Å². The Morgan fingerprint density at radius 3 is 2.40 bits per heavy atom. The summed E-state index contributed by atoms with van der Waals surface area (Å²) in [5.41, 5.74) is 2.21. The van der Waals surface area contributed by atoms with Crippen molar-refractivity contribution in [2.24, 2.45) is 0 Å². The molecular weight excluding hydrogens is 186 g/mol. The number of hydrogen-bond donors (Lipinski definition) is 1. The fourth-order valence-electron chi connectivity index (χ4n) is 1.18. The summed E-state index contributed by atoms with van der Waals surface area (Å²) in [5, 5.41) is 3.27. The molecule has 0 amide bonds. The van der Waals surface area contributed by atoms with Crippen LogP contribution in [0.5, 0.6) is 5.75 Å². The molecule has 0 atom stereocenters. The smallest absolute Gasteiger partial charge is 0.119 e. The van der Waals surface area contributed by atoms with Gasteiger partial charge in [0.2, 0.25) is 0 Å². The molecule has 0 aliphatic heterocycles. The second kappa shape index (κ2) is 5.44. The third-order valence-electron chi connectivity index (χ3n) is 1.82. The van der Waals surface area contributed by atoms with Gasteiger partial charge in [-0.2, -0.15) is 0 Å². The first-order valence-electron chi connectivity index (χ1n) is 5.23. The highest BCUT2D eigenvalue weighted by Gasteiger charge is 1.97. The molecule has 1 rings (SSSR count). The van der Waals surface area contributed by atoms with E-state index >= 15 is 0 Å². The maximum absolute atomic E-state index is 5.55. The quantitative estimate of drug-likeness (QED) is 0.743. The molecule has 0 spiro atoms. The monoisotopic (exact) mass is 205 g/mol. The van der Waals surface area contributed by atoms with Crippen LogP contribution in [0.3, 0.4) is 0 Å². The van der Waals surface area contributed by atoms with Gasteiger partial charge in [0.15, 0.2) is 0 Å². The van der Waals surface area contributed by atoms with Gasteiger partial charge in [-0.1, -0.05) is 12.2 Å². The number of nitrogens with one attached hydrogen (secondary N) is 1. The van der Waals surface area contributed by atoms with E-state index in [0.29, 0.717) is 0 Å². The van der Waals surface area contributed by atoms with E-state index in [0.717, 1.165) is 23.6 Å². The molecule has 2 nitrogen and oxygen atoms in total. The molecule has 82 valence electrons. The van der Waals surface area contributed by atoms with Crippen molar-refractivity contribution < 1.29 is 4.74 Å². The van der Waals surface area contributed by atoms with Gasteiger partial charge < -0.3 is 10.1 Å². The van der Waals surface area contributed by atoms with E-state index in [1.165, 1.54) is 0 Å². The Balaban J connectivity index is 2.52. The maximum atomic E-state index is 5.55. The summed E-state index contributed by atoms with van der Waals surface area (Å²) in [6.07, 6.45) is 0.222. The number of rotatable bonds is 5. The fourth-order valence-corrected chi connectivity index (χ4v) is 1.18. The Morgan fingerprint density at radius 1 is 1.33 bits per heavy atom. The van der Waals surface area contributed by atoms with Crippen LogP contribution in [0.1, 0.15) is 20.8 Å². The molecule has 2 heteroatoms. The van der Waals surface area contributed by atoms with Crippen LogP contribution in [0.25, 0.3) is 0 Å². The third-order valence-corrected chi connectivity index (χ3v) is 1.82. The van der Waals surface area contributed by atoms with Gasteiger partial charge >= 0.3 is 0 Å². The molecule has 0 heterocycles.